The quantitative estimate of drug-likeness (QED) is 0.370. The van der Waals surface area contributed by atoms with Crippen LogP contribution in [0.5, 0.6) is 0 Å². The molecule has 5 heteroatoms. The fourth-order valence-corrected chi connectivity index (χ4v) is 4.88. The highest BCUT2D eigenvalue weighted by atomic mass is 16.5. The number of methoxy groups -OCH3 is 2. The van der Waals surface area contributed by atoms with E-state index in [2.05, 4.69) is 41.7 Å². The van der Waals surface area contributed by atoms with Crippen LogP contribution in [0.25, 0.3) is 11.1 Å². The highest BCUT2D eigenvalue weighted by molar-refractivity contribution is 5.90. The number of anilines is 1. The summed E-state index contributed by atoms with van der Waals surface area (Å²) in [5, 5.41) is 3.39. The number of hydrogen-bond acceptors (Lipinski definition) is 5. The van der Waals surface area contributed by atoms with Crippen molar-refractivity contribution in [2.24, 2.45) is 5.92 Å². The van der Waals surface area contributed by atoms with E-state index in [9.17, 15) is 9.59 Å². The average molecular weight is 444 g/mol. The van der Waals surface area contributed by atoms with E-state index in [1.807, 2.05) is 43.3 Å². The van der Waals surface area contributed by atoms with Gasteiger partial charge in [0.1, 0.15) is 6.04 Å². The number of esters is 2. The second kappa shape index (κ2) is 9.90. The number of rotatable bonds is 8. The van der Waals surface area contributed by atoms with Gasteiger partial charge in [0.05, 0.1) is 20.1 Å². The first-order valence-electron chi connectivity index (χ1n) is 11.3. The van der Waals surface area contributed by atoms with Gasteiger partial charge in [0.15, 0.2) is 0 Å². The summed E-state index contributed by atoms with van der Waals surface area (Å²) >= 11 is 0. The molecule has 4 rings (SSSR count). The van der Waals surface area contributed by atoms with Crippen molar-refractivity contribution in [2.45, 2.75) is 31.7 Å². The number of carbonyl (C=O) groups is 2. The minimum Gasteiger partial charge on any atom is -0.469 e. The van der Waals surface area contributed by atoms with Crippen LogP contribution < -0.4 is 5.32 Å². The van der Waals surface area contributed by atoms with Crippen LogP contribution in [0, 0.1) is 5.92 Å². The third-order valence-electron chi connectivity index (χ3n) is 6.36. The standard InChI is InChI=1S/C28H29NO4/c1-4-11-22(27(30)32-2)26(28(31)33-3)29-23-17-10-16-21-19-14-8-9-15-20(19)24(25(21)23)18-12-6-5-7-13-18/h5-10,12-17,22,24,26,29H,4,11H2,1-3H3/t22-,24-,26-/m0/s1. The molecule has 1 N–H and O–H groups in total. The Morgan fingerprint density at radius 1 is 0.848 bits per heavy atom. The van der Waals surface area contributed by atoms with Crippen molar-refractivity contribution >= 4 is 17.6 Å². The summed E-state index contributed by atoms with van der Waals surface area (Å²) in [5.74, 6) is -1.54. The fraction of sp³-hybridized carbons (Fsp3) is 0.286. The van der Waals surface area contributed by atoms with Crippen LogP contribution in [0.1, 0.15) is 42.4 Å². The van der Waals surface area contributed by atoms with Crippen molar-refractivity contribution in [1.82, 2.24) is 0 Å². The summed E-state index contributed by atoms with van der Waals surface area (Å²) in [6.45, 7) is 1.98. The number of ether oxygens (including phenoxy) is 2. The maximum atomic E-state index is 12.8. The molecule has 0 saturated carbocycles. The van der Waals surface area contributed by atoms with Crippen molar-refractivity contribution in [3.63, 3.8) is 0 Å². The topological polar surface area (TPSA) is 64.6 Å². The molecule has 0 aromatic heterocycles. The normalized spacial score (nSPS) is 15.7. The lowest BCUT2D eigenvalue weighted by molar-refractivity contribution is -0.153. The zero-order valence-electron chi connectivity index (χ0n) is 19.2. The van der Waals surface area contributed by atoms with Gasteiger partial charge in [0.2, 0.25) is 0 Å². The summed E-state index contributed by atoms with van der Waals surface area (Å²) in [6.07, 6.45) is 1.25. The van der Waals surface area contributed by atoms with E-state index in [1.54, 1.807) is 0 Å². The summed E-state index contributed by atoms with van der Waals surface area (Å²) in [6, 6.07) is 23.9. The second-order valence-corrected chi connectivity index (χ2v) is 8.26. The Morgan fingerprint density at radius 3 is 2.21 bits per heavy atom. The van der Waals surface area contributed by atoms with Crippen LogP contribution in [0.4, 0.5) is 5.69 Å². The molecule has 0 saturated heterocycles. The van der Waals surface area contributed by atoms with E-state index < -0.39 is 23.9 Å². The van der Waals surface area contributed by atoms with E-state index in [-0.39, 0.29) is 5.92 Å². The van der Waals surface area contributed by atoms with Crippen molar-refractivity contribution in [3.05, 3.63) is 89.5 Å². The molecule has 0 spiro atoms. The fourth-order valence-electron chi connectivity index (χ4n) is 4.88. The summed E-state index contributed by atoms with van der Waals surface area (Å²) in [5.41, 5.74) is 6.61. The zero-order valence-corrected chi connectivity index (χ0v) is 19.2. The lowest BCUT2D eigenvalue weighted by atomic mass is 9.87. The van der Waals surface area contributed by atoms with E-state index in [1.165, 1.54) is 30.9 Å². The van der Waals surface area contributed by atoms with Gasteiger partial charge < -0.3 is 14.8 Å². The molecular formula is C28H29NO4. The average Bonchev–Trinajstić information content (AvgIpc) is 3.21. The molecule has 3 aromatic rings. The molecule has 1 aliphatic rings. The third-order valence-corrected chi connectivity index (χ3v) is 6.36. The Kier molecular flexibility index (Phi) is 6.78. The van der Waals surface area contributed by atoms with Crippen LogP contribution in [-0.2, 0) is 19.1 Å². The van der Waals surface area contributed by atoms with Crippen LogP contribution in [-0.4, -0.2) is 32.2 Å². The van der Waals surface area contributed by atoms with Gasteiger partial charge in [-0.05, 0) is 40.3 Å². The van der Waals surface area contributed by atoms with Gasteiger partial charge in [-0.1, -0.05) is 80.1 Å². The number of fused-ring (bicyclic) bond motifs is 3. The highest BCUT2D eigenvalue weighted by Crippen LogP contribution is 2.50. The van der Waals surface area contributed by atoms with Gasteiger partial charge in [-0.15, -0.1) is 0 Å². The van der Waals surface area contributed by atoms with Crippen LogP contribution in [0.15, 0.2) is 72.8 Å². The number of benzene rings is 3. The number of nitrogens with one attached hydrogen (secondary N) is 1. The van der Waals surface area contributed by atoms with E-state index >= 15 is 0 Å². The maximum absolute atomic E-state index is 12.8. The maximum Gasteiger partial charge on any atom is 0.329 e. The SMILES string of the molecule is CCC[C@H](C(=O)OC)[C@H](Nc1cccc2c1[C@@H](c1ccccc1)c1ccccc1-2)C(=O)OC. The monoisotopic (exact) mass is 443 g/mol. The molecule has 0 bridgehead atoms. The molecule has 0 heterocycles. The van der Waals surface area contributed by atoms with Crippen molar-refractivity contribution in [2.75, 3.05) is 19.5 Å². The molecule has 0 fully saturated rings. The minimum atomic E-state index is -0.853. The lowest BCUT2D eigenvalue weighted by Gasteiger charge is -2.27. The smallest absolute Gasteiger partial charge is 0.329 e. The molecule has 3 atom stereocenters. The first-order valence-corrected chi connectivity index (χ1v) is 11.3. The van der Waals surface area contributed by atoms with Crippen molar-refractivity contribution < 1.29 is 19.1 Å². The molecule has 3 aromatic carbocycles. The summed E-state index contributed by atoms with van der Waals surface area (Å²) in [4.78, 5) is 25.4. The van der Waals surface area contributed by atoms with Gasteiger partial charge in [0, 0.05) is 11.6 Å². The molecule has 0 unspecified atom stereocenters. The number of carbonyl (C=O) groups excluding carboxylic acids is 2. The minimum absolute atomic E-state index is 0.0159. The Hall–Kier alpha value is -3.60. The molecule has 1 aliphatic carbocycles. The van der Waals surface area contributed by atoms with Crippen LogP contribution >= 0.6 is 0 Å². The van der Waals surface area contributed by atoms with Crippen molar-refractivity contribution in [3.8, 4) is 11.1 Å². The largest absolute Gasteiger partial charge is 0.469 e. The van der Waals surface area contributed by atoms with Crippen LogP contribution in [0.3, 0.4) is 0 Å². The summed E-state index contributed by atoms with van der Waals surface area (Å²) in [7, 11) is 2.69. The van der Waals surface area contributed by atoms with E-state index in [4.69, 9.17) is 9.47 Å². The highest BCUT2D eigenvalue weighted by Gasteiger charge is 2.37. The lowest BCUT2D eigenvalue weighted by Crippen LogP contribution is -2.42. The van der Waals surface area contributed by atoms with Gasteiger partial charge in [-0.3, -0.25) is 4.79 Å². The Bertz CT molecular complexity index is 1140. The molecule has 0 aliphatic heterocycles. The first-order chi connectivity index (χ1) is 16.1. The first kappa shape index (κ1) is 22.6. The number of hydrogen-bond donors (Lipinski definition) is 1. The van der Waals surface area contributed by atoms with Crippen LogP contribution in [0.2, 0.25) is 0 Å². The van der Waals surface area contributed by atoms with Gasteiger partial charge in [-0.2, -0.15) is 0 Å². The predicted octanol–water partition coefficient (Wildman–Crippen LogP) is 5.39. The molecule has 5 nitrogen and oxygen atoms in total. The van der Waals surface area contributed by atoms with E-state index in [0.29, 0.717) is 6.42 Å². The molecule has 0 amide bonds. The molecule has 33 heavy (non-hydrogen) atoms. The van der Waals surface area contributed by atoms with E-state index in [0.717, 1.165) is 23.2 Å². The Labute approximate surface area is 194 Å². The Morgan fingerprint density at radius 2 is 1.52 bits per heavy atom. The zero-order chi connectivity index (χ0) is 23.4. The van der Waals surface area contributed by atoms with Crippen molar-refractivity contribution in [1.29, 1.82) is 0 Å². The Balaban J connectivity index is 1.84. The molecule has 0 radical (unpaired) electrons. The molecule has 170 valence electrons. The van der Waals surface area contributed by atoms with Gasteiger partial charge in [-0.25, -0.2) is 4.79 Å². The van der Waals surface area contributed by atoms with Gasteiger partial charge in [0.25, 0.3) is 0 Å². The molecular weight excluding hydrogens is 414 g/mol. The predicted molar refractivity (Wildman–Crippen MR) is 129 cm³/mol. The summed E-state index contributed by atoms with van der Waals surface area (Å²) < 4.78 is 10.1. The third kappa shape index (κ3) is 4.23. The second-order valence-electron chi connectivity index (χ2n) is 8.26. The van der Waals surface area contributed by atoms with Gasteiger partial charge >= 0.3 is 11.9 Å².